The highest BCUT2D eigenvalue weighted by Crippen LogP contribution is 2.25. The van der Waals surface area contributed by atoms with Crippen molar-refractivity contribution in [3.05, 3.63) is 36.0 Å². The Kier molecular flexibility index (Phi) is 1.45. The van der Waals surface area contributed by atoms with E-state index in [1.165, 1.54) is 5.69 Å². The van der Waals surface area contributed by atoms with Crippen LogP contribution in [0.15, 0.2) is 30.3 Å². The molecule has 1 nitrogen and oxygen atoms in total. The fraction of sp³-hybridized carbons (Fsp3) is 0.333. The SMILES string of the molecule is [2H]c1ccc2[nH]c(C(C)(C)C)cc2c1. The summed E-state index contributed by atoms with van der Waals surface area (Å²) in [5.74, 6) is 0. The Hall–Kier alpha value is -1.24. The maximum absolute atomic E-state index is 7.53. The van der Waals surface area contributed by atoms with Gasteiger partial charge in [0.2, 0.25) is 0 Å². The monoisotopic (exact) mass is 174 g/mol. The second kappa shape index (κ2) is 2.63. The van der Waals surface area contributed by atoms with Crippen molar-refractivity contribution >= 4 is 10.9 Å². The van der Waals surface area contributed by atoms with Gasteiger partial charge in [0.1, 0.15) is 0 Å². The zero-order chi connectivity index (χ0) is 10.3. The largest absolute Gasteiger partial charge is 0.358 e. The Morgan fingerprint density at radius 2 is 2.08 bits per heavy atom. The molecule has 0 bridgehead atoms. The quantitative estimate of drug-likeness (QED) is 0.629. The lowest BCUT2D eigenvalue weighted by atomic mass is 9.92. The lowest BCUT2D eigenvalue weighted by molar-refractivity contribution is 0.574. The van der Waals surface area contributed by atoms with Gasteiger partial charge in [-0.15, -0.1) is 0 Å². The Bertz CT molecular complexity index is 463. The summed E-state index contributed by atoms with van der Waals surface area (Å²) >= 11 is 0. The first kappa shape index (κ1) is 7.19. The highest BCUT2D eigenvalue weighted by Gasteiger charge is 2.15. The van der Waals surface area contributed by atoms with Crippen molar-refractivity contribution in [1.82, 2.24) is 4.98 Å². The molecule has 68 valence electrons. The number of hydrogen-bond acceptors (Lipinski definition) is 0. The van der Waals surface area contributed by atoms with E-state index in [2.05, 4.69) is 31.8 Å². The van der Waals surface area contributed by atoms with Crippen molar-refractivity contribution < 1.29 is 1.37 Å². The molecule has 0 fully saturated rings. The fourth-order valence-electron chi connectivity index (χ4n) is 1.42. The highest BCUT2D eigenvalue weighted by molar-refractivity contribution is 5.80. The summed E-state index contributed by atoms with van der Waals surface area (Å²) in [5.41, 5.74) is 2.48. The number of benzene rings is 1. The van der Waals surface area contributed by atoms with Gasteiger partial charge in [-0.25, -0.2) is 0 Å². The molecule has 0 saturated carbocycles. The molecule has 1 aromatic heterocycles. The molecule has 1 aromatic carbocycles. The zero-order valence-electron chi connectivity index (χ0n) is 9.31. The first-order valence-corrected chi connectivity index (χ1v) is 4.57. The van der Waals surface area contributed by atoms with Crippen molar-refractivity contribution in [2.75, 3.05) is 0 Å². The molecule has 1 heterocycles. The second-order valence-corrected chi connectivity index (χ2v) is 4.45. The summed E-state index contributed by atoms with van der Waals surface area (Å²) < 4.78 is 7.53. The smallest absolute Gasteiger partial charge is 0.0623 e. The van der Waals surface area contributed by atoms with Crippen molar-refractivity contribution in [3.8, 4) is 0 Å². The average molecular weight is 174 g/mol. The number of para-hydroxylation sites is 1. The lowest BCUT2D eigenvalue weighted by Crippen LogP contribution is -2.10. The van der Waals surface area contributed by atoms with E-state index in [9.17, 15) is 0 Å². The average Bonchev–Trinajstić information content (AvgIpc) is 2.45. The molecule has 0 aliphatic carbocycles. The molecule has 0 unspecified atom stereocenters. The number of aromatic amines is 1. The Balaban J connectivity index is 2.63. The number of H-pyrrole nitrogens is 1. The van der Waals surface area contributed by atoms with Gasteiger partial charge in [-0.2, -0.15) is 0 Å². The minimum Gasteiger partial charge on any atom is -0.358 e. The molecule has 0 atom stereocenters. The number of hydrogen-bond donors (Lipinski definition) is 1. The summed E-state index contributed by atoms with van der Waals surface area (Å²) in [6, 6.07) is 8.36. The summed E-state index contributed by atoms with van der Waals surface area (Å²) in [5, 5.41) is 1.13. The molecule has 0 aliphatic heterocycles. The van der Waals surface area contributed by atoms with Crippen LogP contribution in [0.25, 0.3) is 10.9 Å². The van der Waals surface area contributed by atoms with E-state index in [0.717, 1.165) is 10.9 Å². The first-order chi connectivity index (χ1) is 6.47. The van der Waals surface area contributed by atoms with Crippen molar-refractivity contribution in [2.24, 2.45) is 0 Å². The van der Waals surface area contributed by atoms with Crippen LogP contribution in [0.5, 0.6) is 0 Å². The van der Waals surface area contributed by atoms with Gasteiger partial charge in [-0.3, -0.25) is 0 Å². The van der Waals surface area contributed by atoms with Gasteiger partial charge in [0.25, 0.3) is 0 Å². The predicted octanol–water partition coefficient (Wildman–Crippen LogP) is 3.47. The van der Waals surface area contributed by atoms with E-state index in [4.69, 9.17) is 1.37 Å². The molecule has 2 rings (SSSR count). The molecule has 0 spiro atoms. The fourth-order valence-corrected chi connectivity index (χ4v) is 1.42. The number of rotatable bonds is 0. The normalized spacial score (nSPS) is 13.3. The summed E-state index contributed by atoms with van der Waals surface area (Å²) in [7, 11) is 0. The zero-order valence-corrected chi connectivity index (χ0v) is 8.31. The van der Waals surface area contributed by atoms with Gasteiger partial charge in [0, 0.05) is 16.6 Å². The van der Waals surface area contributed by atoms with E-state index in [1.54, 1.807) is 0 Å². The van der Waals surface area contributed by atoms with Crippen molar-refractivity contribution in [3.63, 3.8) is 0 Å². The maximum atomic E-state index is 7.53. The van der Waals surface area contributed by atoms with Crippen molar-refractivity contribution in [2.45, 2.75) is 26.2 Å². The van der Waals surface area contributed by atoms with Gasteiger partial charge >= 0.3 is 0 Å². The van der Waals surface area contributed by atoms with Crippen LogP contribution < -0.4 is 0 Å². The topological polar surface area (TPSA) is 15.8 Å². The minimum atomic E-state index is 0.140. The van der Waals surface area contributed by atoms with Crippen LogP contribution in [-0.2, 0) is 5.41 Å². The number of aromatic nitrogens is 1. The molecule has 0 radical (unpaired) electrons. The van der Waals surface area contributed by atoms with Gasteiger partial charge < -0.3 is 4.98 Å². The van der Waals surface area contributed by atoms with Crippen LogP contribution in [0.4, 0.5) is 0 Å². The Labute approximate surface area is 80.2 Å². The standard InChI is InChI=1S/C12H15N/c1-12(2,3)11-8-9-6-4-5-7-10(9)13-11/h4-8,13H,1-3H3/i4D. The molecule has 1 N–H and O–H groups in total. The second-order valence-electron chi connectivity index (χ2n) is 4.45. The molecule has 1 heteroatoms. The van der Waals surface area contributed by atoms with Gasteiger partial charge in [-0.1, -0.05) is 38.9 Å². The minimum absolute atomic E-state index is 0.140. The Morgan fingerprint density at radius 3 is 2.77 bits per heavy atom. The summed E-state index contributed by atoms with van der Waals surface area (Å²) in [4.78, 5) is 3.38. The van der Waals surface area contributed by atoms with Gasteiger partial charge in [-0.05, 0) is 17.5 Å². The number of fused-ring (bicyclic) bond motifs is 1. The molecular formula is C12H15N. The van der Waals surface area contributed by atoms with Crippen LogP contribution in [0.1, 0.15) is 27.8 Å². The van der Waals surface area contributed by atoms with Gasteiger partial charge in [0.15, 0.2) is 0 Å². The molecule has 13 heavy (non-hydrogen) atoms. The van der Waals surface area contributed by atoms with Crippen LogP contribution in [0.2, 0.25) is 0 Å². The summed E-state index contributed by atoms with van der Waals surface area (Å²) in [6.07, 6.45) is 0. The molecule has 0 aliphatic rings. The molecule has 2 aromatic rings. The third-order valence-corrected chi connectivity index (χ3v) is 2.27. The van der Waals surface area contributed by atoms with Crippen LogP contribution in [0.3, 0.4) is 0 Å². The van der Waals surface area contributed by atoms with Crippen LogP contribution in [-0.4, -0.2) is 4.98 Å². The third kappa shape index (κ3) is 1.46. The third-order valence-electron chi connectivity index (χ3n) is 2.27. The van der Waals surface area contributed by atoms with Crippen molar-refractivity contribution in [1.29, 1.82) is 0 Å². The van der Waals surface area contributed by atoms with E-state index >= 15 is 0 Å². The summed E-state index contributed by atoms with van der Waals surface area (Å²) in [6.45, 7) is 6.54. The van der Waals surface area contributed by atoms with E-state index in [1.807, 2.05) is 18.2 Å². The lowest BCUT2D eigenvalue weighted by Gasteiger charge is -2.15. The molecule has 0 amide bonds. The molecular weight excluding hydrogens is 158 g/mol. The van der Waals surface area contributed by atoms with E-state index < -0.39 is 0 Å². The maximum Gasteiger partial charge on any atom is 0.0623 e. The highest BCUT2D eigenvalue weighted by atomic mass is 14.7. The van der Waals surface area contributed by atoms with E-state index in [-0.39, 0.29) is 5.41 Å². The Morgan fingerprint density at radius 1 is 1.31 bits per heavy atom. The van der Waals surface area contributed by atoms with Crippen LogP contribution in [0, 0.1) is 0 Å². The predicted molar refractivity (Wildman–Crippen MR) is 57.0 cm³/mol. The first-order valence-electron chi connectivity index (χ1n) is 5.07. The van der Waals surface area contributed by atoms with Crippen LogP contribution >= 0.6 is 0 Å². The molecule has 0 saturated heterocycles. The van der Waals surface area contributed by atoms with Gasteiger partial charge in [0.05, 0.1) is 1.37 Å². The van der Waals surface area contributed by atoms with E-state index in [0.29, 0.717) is 6.04 Å². The number of nitrogens with one attached hydrogen (secondary N) is 1.